The van der Waals surface area contributed by atoms with Crippen molar-refractivity contribution in [3.63, 3.8) is 0 Å². The van der Waals surface area contributed by atoms with E-state index >= 15 is 0 Å². The molecule has 0 aromatic heterocycles. The van der Waals surface area contributed by atoms with Crippen molar-refractivity contribution in [2.45, 2.75) is 65.0 Å². The van der Waals surface area contributed by atoms with E-state index in [-0.39, 0.29) is 30.4 Å². The summed E-state index contributed by atoms with van der Waals surface area (Å²) in [5, 5.41) is 3.61. The first kappa shape index (κ1) is 30.7. The number of benzene rings is 3. The molecule has 3 aromatic carbocycles. The largest absolute Gasteiger partial charge is 0.483 e. The van der Waals surface area contributed by atoms with Crippen LogP contribution >= 0.6 is 27.5 Å². The molecule has 0 spiro atoms. The maximum atomic E-state index is 13.8. The van der Waals surface area contributed by atoms with Gasteiger partial charge in [0.25, 0.3) is 5.91 Å². The third-order valence-electron chi connectivity index (χ3n) is 6.49. The van der Waals surface area contributed by atoms with E-state index in [1.165, 1.54) is 0 Å². The minimum atomic E-state index is -0.717. The third-order valence-corrected chi connectivity index (χ3v) is 7.35. The number of carbonyl (C=O) groups excluding carboxylic acids is 2. The molecule has 0 bridgehead atoms. The maximum absolute atomic E-state index is 13.8. The SMILES string of the molecule is CCCCNC(=O)C(Cc1ccccc1)N(Cc1cccc(Cl)c1)C(=O)COc1ccc(C(C)(C)C)cc1Br. The second-order valence-corrected chi connectivity index (χ2v) is 12.0. The van der Waals surface area contributed by atoms with Gasteiger partial charge in [-0.1, -0.05) is 94.2 Å². The fourth-order valence-electron chi connectivity index (χ4n) is 4.20. The average molecular weight is 614 g/mol. The van der Waals surface area contributed by atoms with Crippen molar-refractivity contribution in [2.24, 2.45) is 0 Å². The lowest BCUT2D eigenvalue weighted by Crippen LogP contribution is -2.51. The van der Waals surface area contributed by atoms with Gasteiger partial charge in [0.15, 0.2) is 6.61 Å². The van der Waals surface area contributed by atoms with Crippen molar-refractivity contribution >= 4 is 39.3 Å². The number of nitrogens with one attached hydrogen (secondary N) is 1. The lowest BCUT2D eigenvalue weighted by Gasteiger charge is -2.31. The molecule has 1 N–H and O–H groups in total. The molecule has 0 saturated heterocycles. The lowest BCUT2D eigenvalue weighted by atomic mass is 9.87. The molecule has 0 heterocycles. The summed E-state index contributed by atoms with van der Waals surface area (Å²) in [7, 11) is 0. The summed E-state index contributed by atoms with van der Waals surface area (Å²) in [5.41, 5.74) is 2.95. The highest BCUT2D eigenvalue weighted by Gasteiger charge is 2.31. The summed E-state index contributed by atoms with van der Waals surface area (Å²) in [5.74, 6) is 0.109. The molecular formula is C32H38BrClN2O3. The Morgan fingerprint density at radius 1 is 1.00 bits per heavy atom. The summed E-state index contributed by atoms with van der Waals surface area (Å²) in [6.45, 7) is 9.09. The van der Waals surface area contributed by atoms with Gasteiger partial charge in [0.1, 0.15) is 11.8 Å². The monoisotopic (exact) mass is 612 g/mol. The zero-order valence-electron chi connectivity index (χ0n) is 23.2. The van der Waals surface area contributed by atoms with Gasteiger partial charge in [0.2, 0.25) is 5.91 Å². The van der Waals surface area contributed by atoms with Crippen LogP contribution in [0.2, 0.25) is 5.02 Å². The van der Waals surface area contributed by atoms with Crippen LogP contribution < -0.4 is 10.1 Å². The van der Waals surface area contributed by atoms with E-state index in [0.29, 0.717) is 23.7 Å². The van der Waals surface area contributed by atoms with Crippen LogP contribution in [0.3, 0.4) is 0 Å². The molecule has 3 aromatic rings. The number of ether oxygens (including phenoxy) is 1. The Kier molecular flexibility index (Phi) is 11.4. The molecule has 39 heavy (non-hydrogen) atoms. The second-order valence-electron chi connectivity index (χ2n) is 10.7. The quantitative estimate of drug-likeness (QED) is 0.218. The second kappa shape index (κ2) is 14.5. The molecule has 1 atom stereocenters. The van der Waals surface area contributed by atoms with Crippen LogP contribution in [0.4, 0.5) is 0 Å². The highest BCUT2D eigenvalue weighted by molar-refractivity contribution is 9.10. The summed E-state index contributed by atoms with van der Waals surface area (Å²) < 4.78 is 6.77. The molecule has 2 amide bonds. The zero-order valence-corrected chi connectivity index (χ0v) is 25.5. The van der Waals surface area contributed by atoms with E-state index in [9.17, 15) is 9.59 Å². The zero-order chi connectivity index (χ0) is 28.4. The number of hydrogen-bond acceptors (Lipinski definition) is 3. The molecule has 0 radical (unpaired) electrons. The van der Waals surface area contributed by atoms with Gasteiger partial charge >= 0.3 is 0 Å². The molecule has 0 aliphatic heterocycles. The number of amides is 2. The molecule has 1 unspecified atom stereocenters. The first-order valence-electron chi connectivity index (χ1n) is 13.4. The summed E-state index contributed by atoms with van der Waals surface area (Å²) in [6.07, 6.45) is 2.22. The van der Waals surface area contributed by atoms with Crippen LogP contribution in [-0.2, 0) is 28.0 Å². The number of hydrogen-bond donors (Lipinski definition) is 1. The van der Waals surface area contributed by atoms with Gasteiger partial charge in [0.05, 0.1) is 4.47 Å². The minimum Gasteiger partial charge on any atom is -0.483 e. The Labute approximate surface area is 246 Å². The number of rotatable bonds is 12. The highest BCUT2D eigenvalue weighted by Crippen LogP contribution is 2.31. The van der Waals surface area contributed by atoms with Crippen molar-refractivity contribution in [1.29, 1.82) is 0 Å². The molecule has 0 fully saturated rings. The Morgan fingerprint density at radius 2 is 1.72 bits per heavy atom. The summed E-state index contributed by atoms with van der Waals surface area (Å²) in [4.78, 5) is 28.9. The molecule has 208 valence electrons. The van der Waals surface area contributed by atoms with E-state index < -0.39 is 6.04 Å². The van der Waals surface area contributed by atoms with Crippen molar-refractivity contribution < 1.29 is 14.3 Å². The predicted molar refractivity (Wildman–Crippen MR) is 162 cm³/mol. The average Bonchev–Trinajstić information content (AvgIpc) is 2.90. The van der Waals surface area contributed by atoms with Gasteiger partial charge in [-0.15, -0.1) is 0 Å². The van der Waals surface area contributed by atoms with Gasteiger partial charge in [0, 0.05) is 24.5 Å². The Balaban J connectivity index is 1.89. The Hall–Kier alpha value is -2.83. The normalized spacial score (nSPS) is 12.1. The van der Waals surface area contributed by atoms with Gasteiger partial charge in [-0.25, -0.2) is 0 Å². The fourth-order valence-corrected chi connectivity index (χ4v) is 4.91. The molecular weight excluding hydrogens is 576 g/mol. The van der Waals surface area contributed by atoms with Crippen LogP contribution in [0.1, 0.15) is 57.2 Å². The lowest BCUT2D eigenvalue weighted by molar-refractivity contribution is -0.142. The van der Waals surface area contributed by atoms with E-state index in [0.717, 1.165) is 34.0 Å². The highest BCUT2D eigenvalue weighted by atomic mass is 79.9. The van der Waals surface area contributed by atoms with E-state index in [4.69, 9.17) is 16.3 Å². The van der Waals surface area contributed by atoms with Crippen LogP contribution in [-0.4, -0.2) is 35.9 Å². The van der Waals surface area contributed by atoms with Crippen molar-refractivity contribution in [1.82, 2.24) is 10.2 Å². The van der Waals surface area contributed by atoms with E-state index in [2.05, 4.69) is 48.9 Å². The van der Waals surface area contributed by atoms with Crippen molar-refractivity contribution in [3.05, 3.63) is 99.0 Å². The topological polar surface area (TPSA) is 58.6 Å². The van der Waals surface area contributed by atoms with Gasteiger partial charge in [-0.3, -0.25) is 9.59 Å². The van der Waals surface area contributed by atoms with Crippen molar-refractivity contribution in [3.8, 4) is 5.75 Å². The van der Waals surface area contributed by atoms with Crippen molar-refractivity contribution in [2.75, 3.05) is 13.2 Å². The van der Waals surface area contributed by atoms with Crippen LogP contribution in [0.25, 0.3) is 0 Å². The number of halogens is 2. The van der Waals surface area contributed by atoms with Crippen LogP contribution in [0.5, 0.6) is 5.75 Å². The molecule has 5 nitrogen and oxygen atoms in total. The number of carbonyl (C=O) groups is 2. The Morgan fingerprint density at radius 3 is 2.36 bits per heavy atom. The molecule has 0 aliphatic rings. The van der Waals surface area contributed by atoms with Gasteiger partial charge < -0.3 is 15.0 Å². The number of unbranched alkanes of at least 4 members (excludes halogenated alkanes) is 1. The maximum Gasteiger partial charge on any atom is 0.261 e. The summed E-state index contributed by atoms with van der Waals surface area (Å²) in [6, 6.07) is 22.3. The summed E-state index contributed by atoms with van der Waals surface area (Å²) >= 11 is 9.85. The van der Waals surface area contributed by atoms with Crippen LogP contribution in [0.15, 0.2) is 77.3 Å². The predicted octanol–water partition coefficient (Wildman–Crippen LogP) is 7.34. The smallest absolute Gasteiger partial charge is 0.261 e. The van der Waals surface area contributed by atoms with Gasteiger partial charge in [-0.05, 0) is 68.7 Å². The third kappa shape index (κ3) is 9.40. The minimum absolute atomic E-state index is 0.0135. The molecule has 7 heteroatoms. The Bertz CT molecular complexity index is 1240. The van der Waals surface area contributed by atoms with E-state index in [1.54, 1.807) is 11.0 Å². The first-order valence-corrected chi connectivity index (χ1v) is 14.5. The molecule has 3 rings (SSSR count). The van der Waals surface area contributed by atoms with Gasteiger partial charge in [-0.2, -0.15) is 0 Å². The molecule has 0 saturated carbocycles. The fraction of sp³-hybridized carbons (Fsp3) is 0.375. The van der Waals surface area contributed by atoms with Crippen LogP contribution in [0, 0.1) is 0 Å². The standard InChI is InChI=1S/C32H38BrClN2O3/c1-5-6-17-35-31(38)28(19-23-11-8-7-9-12-23)36(21-24-13-10-14-26(34)18-24)30(37)22-39-29-16-15-25(20-27(29)33)32(2,3)4/h7-16,18,20,28H,5-6,17,19,21-22H2,1-4H3,(H,35,38). The van der Waals surface area contributed by atoms with E-state index in [1.807, 2.05) is 66.7 Å². The number of nitrogens with zero attached hydrogens (tertiary/aromatic N) is 1. The molecule has 0 aliphatic carbocycles. The first-order chi connectivity index (χ1) is 18.6.